The summed E-state index contributed by atoms with van der Waals surface area (Å²) in [6.07, 6.45) is -3.57. The molecule has 2 heterocycles. The Morgan fingerprint density at radius 3 is 2.52 bits per heavy atom. The predicted molar refractivity (Wildman–Crippen MR) is 88.6 cm³/mol. The number of rotatable bonds is 3. The highest BCUT2D eigenvalue weighted by Gasteiger charge is 2.36. The zero-order valence-electron chi connectivity index (χ0n) is 13.8. The molecule has 27 heavy (non-hydrogen) atoms. The summed E-state index contributed by atoms with van der Waals surface area (Å²) in [5.41, 5.74) is 0.302. The number of benzene rings is 1. The molecule has 1 atom stereocenters. The average molecular weight is 402 g/mol. The SMILES string of the molecule is O=C(Nc1nnc(C(F)(F)F)s1)C1CCCN(C(=O)c2ccc(F)cc2)C1. The number of carbonyl (C=O) groups is 2. The van der Waals surface area contributed by atoms with E-state index < -0.39 is 28.8 Å². The first-order valence-corrected chi connectivity index (χ1v) is 8.82. The highest BCUT2D eigenvalue weighted by atomic mass is 32.1. The van der Waals surface area contributed by atoms with Crippen LogP contribution in [0.3, 0.4) is 0 Å². The lowest BCUT2D eigenvalue weighted by Crippen LogP contribution is -2.43. The Labute approximate surface area is 155 Å². The lowest BCUT2D eigenvalue weighted by molar-refractivity contribution is -0.138. The number of alkyl halides is 3. The van der Waals surface area contributed by atoms with Gasteiger partial charge in [-0.1, -0.05) is 11.3 Å². The van der Waals surface area contributed by atoms with Gasteiger partial charge in [0.05, 0.1) is 5.92 Å². The second-order valence-electron chi connectivity index (χ2n) is 6.00. The number of piperidine rings is 1. The zero-order chi connectivity index (χ0) is 19.6. The highest BCUT2D eigenvalue weighted by molar-refractivity contribution is 7.15. The van der Waals surface area contributed by atoms with Crippen LogP contribution in [0.2, 0.25) is 0 Å². The Balaban J connectivity index is 1.63. The van der Waals surface area contributed by atoms with E-state index in [9.17, 15) is 27.2 Å². The van der Waals surface area contributed by atoms with Crippen LogP contribution in [0.1, 0.15) is 28.2 Å². The molecular weight excluding hydrogens is 388 g/mol. The molecule has 3 rings (SSSR count). The fraction of sp³-hybridized carbons (Fsp3) is 0.375. The lowest BCUT2D eigenvalue weighted by atomic mass is 9.96. The monoisotopic (exact) mass is 402 g/mol. The Bertz CT molecular complexity index is 838. The van der Waals surface area contributed by atoms with Gasteiger partial charge in [0.1, 0.15) is 5.82 Å². The van der Waals surface area contributed by atoms with Gasteiger partial charge < -0.3 is 10.2 Å². The van der Waals surface area contributed by atoms with Crippen LogP contribution in [-0.4, -0.2) is 40.0 Å². The van der Waals surface area contributed by atoms with E-state index in [0.717, 1.165) is 0 Å². The van der Waals surface area contributed by atoms with Crippen LogP contribution in [-0.2, 0) is 11.0 Å². The summed E-state index contributed by atoms with van der Waals surface area (Å²) in [4.78, 5) is 26.3. The minimum atomic E-state index is -4.62. The van der Waals surface area contributed by atoms with Crippen molar-refractivity contribution in [3.05, 3.63) is 40.7 Å². The summed E-state index contributed by atoms with van der Waals surface area (Å²) in [5, 5.41) is 7.28. The number of nitrogens with one attached hydrogen (secondary N) is 1. The topological polar surface area (TPSA) is 75.2 Å². The third kappa shape index (κ3) is 4.59. The molecule has 2 aromatic rings. The number of hydrogen-bond acceptors (Lipinski definition) is 5. The van der Waals surface area contributed by atoms with Crippen LogP contribution < -0.4 is 5.32 Å². The van der Waals surface area contributed by atoms with E-state index in [4.69, 9.17) is 0 Å². The van der Waals surface area contributed by atoms with E-state index in [0.29, 0.717) is 24.9 Å². The van der Waals surface area contributed by atoms with E-state index in [1.165, 1.54) is 29.2 Å². The summed E-state index contributed by atoms with van der Waals surface area (Å²) < 4.78 is 50.6. The van der Waals surface area contributed by atoms with Crippen LogP contribution in [0.5, 0.6) is 0 Å². The summed E-state index contributed by atoms with van der Waals surface area (Å²) in [7, 11) is 0. The minimum absolute atomic E-state index is 0.118. The molecule has 1 aliphatic rings. The summed E-state index contributed by atoms with van der Waals surface area (Å²) in [5.74, 6) is -1.89. The van der Waals surface area contributed by atoms with Crippen LogP contribution >= 0.6 is 11.3 Å². The molecule has 1 N–H and O–H groups in total. The quantitative estimate of drug-likeness (QED) is 0.801. The number of likely N-dealkylation sites (tertiary alicyclic amines) is 1. The molecule has 6 nitrogen and oxygen atoms in total. The number of hydrogen-bond donors (Lipinski definition) is 1. The summed E-state index contributed by atoms with van der Waals surface area (Å²) >= 11 is 0.242. The van der Waals surface area contributed by atoms with Crippen LogP contribution in [0.4, 0.5) is 22.7 Å². The third-order valence-electron chi connectivity index (χ3n) is 4.07. The van der Waals surface area contributed by atoms with Crippen molar-refractivity contribution in [3.8, 4) is 0 Å². The van der Waals surface area contributed by atoms with Crippen LogP contribution in [0, 0.1) is 11.7 Å². The molecule has 1 saturated heterocycles. The Morgan fingerprint density at radius 1 is 1.19 bits per heavy atom. The van der Waals surface area contributed by atoms with Gasteiger partial charge in [-0.25, -0.2) is 4.39 Å². The molecule has 1 aromatic carbocycles. The third-order valence-corrected chi connectivity index (χ3v) is 4.95. The highest BCUT2D eigenvalue weighted by Crippen LogP contribution is 2.33. The summed E-state index contributed by atoms with van der Waals surface area (Å²) in [6.45, 7) is 0.560. The molecule has 2 amide bonds. The maximum absolute atomic E-state index is 13.0. The van der Waals surface area contributed by atoms with Crippen molar-refractivity contribution < 1.29 is 27.2 Å². The number of anilines is 1. The van der Waals surface area contributed by atoms with E-state index in [-0.39, 0.29) is 28.9 Å². The molecule has 0 spiro atoms. The molecule has 1 aliphatic heterocycles. The molecule has 0 radical (unpaired) electrons. The molecular formula is C16H14F4N4O2S. The van der Waals surface area contributed by atoms with Gasteiger partial charge in [0.25, 0.3) is 5.91 Å². The van der Waals surface area contributed by atoms with Crippen LogP contribution in [0.15, 0.2) is 24.3 Å². The predicted octanol–water partition coefficient (Wildman–Crippen LogP) is 3.19. The maximum Gasteiger partial charge on any atom is 0.445 e. The maximum atomic E-state index is 13.0. The van der Waals surface area contributed by atoms with E-state index >= 15 is 0 Å². The zero-order valence-corrected chi connectivity index (χ0v) is 14.6. The standard InChI is InChI=1S/C16H14F4N4O2S/c17-11-5-3-9(4-6-11)13(26)24-7-1-2-10(8-24)12(25)21-15-23-22-14(27-15)16(18,19)20/h3-6,10H,1-2,7-8H2,(H,21,23,25). The van der Waals surface area contributed by atoms with Crippen molar-refractivity contribution in [1.82, 2.24) is 15.1 Å². The molecule has 1 fully saturated rings. The van der Waals surface area contributed by atoms with E-state index in [1.54, 1.807) is 0 Å². The number of halogens is 4. The lowest BCUT2D eigenvalue weighted by Gasteiger charge is -2.32. The van der Waals surface area contributed by atoms with Gasteiger partial charge in [0, 0.05) is 18.7 Å². The van der Waals surface area contributed by atoms with Gasteiger partial charge in [-0.05, 0) is 37.1 Å². The molecule has 0 saturated carbocycles. The van der Waals surface area contributed by atoms with Crippen molar-refractivity contribution in [1.29, 1.82) is 0 Å². The Kier molecular flexibility index (Phi) is 5.40. The second-order valence-corrected chi connectivity index (χ2v) is 6.97. The molecule has 144 valence electrons. The van der Waals surface area contributed by atoms with Gasteiger partial charge in [-0.3, -0.25) is 9.59 Å². The van der Waals surface area contributed by atoms with Gasteiger partial charge >= 0.3 is 6.18 Å². The molecule has 1 unspecified atom stereocenters. The second kappa shape index (κ2) is 7.59. The fourth-order valence-electron chi connectivity index (χ4n) is 2.75. The van der Waals surface area contributed by atoms with Gasteiger partial charge in [-0.15, -0.1) is 10.2 Å². The molecule has 0 bridgehead atoms. The number of aromatic nitrogens is 2. The first-order valence-electron chi connectivity index (χ1n) is 8.00. The van der Waals surface area contributed by atoms with Crippen molar-refractivity contribution >= 4 is 28.3 Å². The van der Waals surface area contributed by atoms with Crippen LogP contribution in [0.25, 0.3) is 0 Å². The van der Waals surface area contributed by atoms with Gasteiger partial charge in [0.15, 0.2) is 0 Å². The average Bonchev–Trinajstić information content (AvgIpc) is 3.11. The van der Waals surface area contributed by atoms with Crippen molar-refractivity contribution in [2.45, 2.75) is 19.0 Å². The molecule has 0 aliphatic carbocycles. The minimum Gasteiger partial charge on any atom is -0.338 e. The normalized spacial score (nSPS) is 17.6. The molecule has 1 aromatic heterocycles. The molecule has 11 heteroatoms. The Hall–Kier alpha value is -2.56. The van der Waals surface area contributed by atoms with Gasteiger partial charge in [0.2, 0.25) is 16.0 Å². The van der Waals surface area contributed by atoms with Crippen molar-refractivity contribution in [3.63, 3.8) is 0 Å². The smallest absolute Gasteiger partial charge is 0.338 e. The first-order chi connectivity index (χ1) is 12.7. The van der Waals surface area contributed by atoms with E-state index in [1.807, 2.05) is 0 Å². The Morgan fingerprint density at radius 2 is 1.89 bits per heavy atom. The summed E-state index contributed by atoms with van der Waals surface area (Å²) in [6, 6.07) is 5.08. The number of amides is 2. The fourth-order valence-corrected chi connectivity index (χ4v) is 3.36. The first kappa shape index (κ1) is 19.2. The van der Waals surface area contributed by atoms with Gasteiger partial charge in [-0.2, -0.15) is 13.2 Å². The van der Waals surface area contributed by atoms with E-state index in [2.05, 4.69) is 15.5 Å². The van der Waals surface area contributed by atoms with Crippen molar-refractivity contribution in [2.24, 2.45) is 5.92 Å². The largest absolute Gasteiger partial charge is 0.445 e. The van der Waals surface area contributed by atoms with Crippen molar-refractivity contribution in [2.75, 3.05) is 18.4 Å². The number of nitrogens with zero attached hydrogens (tertiary/aromatic N) is 3. The number of carbonyl (C=O) groups excluding carboxylic acids is 2.